The summed E-state index contributed by atoms with van der Waals surface area (Å²) in [7, 11) is 0. The molecule has 0 bridgehead atoms. The lowest BCUT2D eigenvalue weighted by Crippen LogP contribution is -2.34. The first kappa shape index (κ1) is 13.7. The first-order valence-electron chi connectivity index (χ1n) is 4.08. The van der Waals surface area contributed by atoms with Crippen LogP contribution in [0.1, 0.15) is 6.92 Å². The second-order valence-corrected chi connectivity index (χ2v) is 4.53. The quantitative estimate of drug-likeness (QED) is 0.440. The molecule has 0 heterocycles. The van der Waals surface area contributed by atoms with Crippen LogP contribution in [-0.4, -0.2) is 22.4 Å². The Morgan fingerprint density at radius 2 is 1.71 bits per heavy atom. The van der Waals surface area contributed by atoms with Gasteiger partial charge in [-0.25, -0.2) is 0 Å². The standard InChI is InChI=1S/C8H4Br2N2O5/c1-2(13)11-5-6(12(16)17)8(15)4(10)3(9)7(5)14/h1H3,(H,11,13). The predicted molar refractivity (Wildman–Crippen MR) is 62.7 cm³/mol. The van der Waals surface area contributed by atoms with E-state index in [1.165, 1.54) is 0 Å². The summed E-state index contributed by atoms with van der Waals surface area (Å²) in [6, 6.07) is 0. The highest BCUT2D eigenvalue weighted by Gasteiger charge is 2.40. The van der Waals surface area contributed by atoms with Crippen molar-refractivity contribution < 1.29 is 19.3 Å². The number of carbonyl (C=O) groups is 3. The maximum atomic E-state index is 11.7. The van der Waals surface area contributed by atoms with Gasteiger partial charge in [-0.05, 0) is 31.9 Å². The number of nitrogens with one attached hydrogen (secondary N) is 1. The Balaban J connectivity index is 3.44. The molecule has 0 aromatic carbocycles. The predicted octanol–water partition coefficient (Wildman–Crippen LogP) is 0.764. The van der Waals surface area contributed by atoms with Gasteiger partial charge in [0.15, 0.2) is 5.70 Å². The summed E-state index contributed by atoms with van der Waals surface area (Å²) in [5, 5.41) is 12.7. The van der Waals surface area contributed by atoms with Crippen molar-refractivity contribution in [2.24, 2.45) is 0 Å². The van der Waals surface area contributed by atoms with Gasteiger partial charge in [-0.15, -0.1) is 0 Å². The Bertz CT molecular complexity index is 520. The van der Waals surface area contributed by atoms with Crippen LogP contribution in [0.25, 0.3) is 0 Å². The minimum Gasteiger partial charge on any atom is -0.317 e. The fraction of sp³-hybridized carbons (Fsp3) is 0.125. The van der Waals surface area contributed by atoms with Crippen LogP contribution in [0.2, 0.25) is 0 Å². The van der Waals surface area contributed by atoms with Crippen molar-refractivity contribution in [2.45, 2.75) is 6.92 Å². The molecular weight excluding hydrogens is 364 g/mol. The van der Waals surface area contributed by atoms with Gasteiger partial charge in [0.2, 0.25) is 11.7 Å². The van der Waals surface area contributed by atoms with Crippen molar-refractivity contribution in [2.75, 3.05) is 0 Å². The Kier molecular flexibility index (Phi) is 3.94. The van der Waals surface area contributed by atoms with Crippen molar-refractivity contribution >= 4 is 49.3 Å². The van der Waals surface area contributed by atoms with Crippen LogP contribution in [-0.2, 0) is 14.4 Å². The van der Waals surface area contributed by atoms with E-state index in [9.17, 15) is 24.5 Å². The summed E-state index contributed by atoms with van der Waals surface area (Å²) in [4.78, 5) is 43.8. The molecule has 0 spiro atoms. The zero-order valence-corrected chi connectivity index (χ0v) is 11.4. The molecule has 1 amide bonds. The van der Waals surface area contributed by atoms with Crippen molar-refractivity contribution in [3.05, 3.63) is 30.5 Å². The molecule has 17 heavy (non-hydrogen) atoms. The van der Waals surface area contributed by atoms with Crippen LogP contribution in [0, 0.1) is 10.1 Å². The lowest BCUT2D eigenvalue weighted by Gasteiger charge is -2.13. The highest BCUT2D eigenvalue weighted by molar-refractivity contribution is 9.14. The third-order valence-corrected chi connectivity index (χ3v) is 3.80. The van der Waals surface area contributed by atoms with Gasteiger partial charge in [0, 0.05) is 6.92 Å². The van der Waals surface area contributed by atoms with Gasteiger partial charge in [0.1, 0.15) is 0 Å². The number of hydrogen-bond donors (Lipinski definition) is 1. The van der Waals surface area contributed by atoms with Crippen molar-refractivity contribution in [1.82, 2.24) is 5.32 Å². The molecule has 1 N–H and O–H groups in total. The summed E-state index contributed by atoms with van der Waals surface area (Å²) in [5.41, 5.74) is -1.59. The van der Waals surface area contributed by atoms with E-state index >= 15 is 0 Å². The molecule has 0 atom stereocenters. The molecule has 0 aromatic rings. The molecule has 0 unspecified atom stereocenters. The number of hydrogen-bond acceptors (Lipinski definition) is 5. The molecule has 1 aliphatic rings. The number of nitrogens with zero attached hydrogens (tertiary/aromatic N) is 1. The fourth-order valence-corrected chi connectivity index (χ4v) is 1.85. The van der Waals surface area contributed by atoms with E-state index in [2.05, 4.69) is 31.9 Å². The van der Waals surface area contributed by atoms with E-state index < -0.39 is 33.8 Å². The van der Waals surface area contributed by atoms with Crippen molar-refractivity contribution in [3.8, 4) is 0 Å². The molecule has 0 aliphatic heterocycles. The molecular formula is C8H4Br2N2O5. The molecule has 7 nitrogen and oxygen atoms in total. The zero-order valence-electron chi connectivity index (χ0n) is 8.24. The summed E-state index contributed by atoms with van der Waals surface area (Å²) in [6.45, 7) is 1.07. The molecule has 1 aliphatic carbocycles. The van der Waals surface area contributed by atoms with Gasteiger partial charge >= 0.3 is 5.70 Å². The third-order valence-electron chi connectivity index (χ3n) is 1.75. The van der Waals surface area contributed by atoms with E-state index in [-0.39, 0.29) is 8.96 Å². The number of Topliss-reactive ketones (excluding diaryl/α,β-unsaturated/α-hetero) is 2. The summed E-state index contributed by atoms with van der Waals surface area (Å²) in [5.74, 6) is -2.50. The number of allylic oxidation sites excluding steroid dienone is 2. The zero-order chi connectivity index (χ0) is 13.3. The molecule has 90 valence electrons. The van der Waals surface area contributed by atoms with Crippen LogP contribution in [0.15, 0.2) is 20.4 Å². The second-order valence-electron chi connectivity index (χ2n) is 2.95. The number of rotatable bonds is 2. The van der Waals surface area contributed by atoms with Crippen LogP contribution in [0.5, 0.6) is 0 Å². The van der Waals surface area contributed by atoms with Crippen LogP contribution in [0.4, 0.5) is 0 Å². The molecule has 1 rings (SSSR count). The molecule has 0 aromatic heterocycles. The number of nitro groups is 1. The minimum absolute atomic E-state index is 0.170. The van der Waals surface area contributed by atoms with Crippen molar-refractivity contribution in [1.29, 1.82) is 0 Å². The van der Waals surface area contributed by atoms with E-state index in [0.717, 1.165) is 6.92 Å². The number of carbonyl (C=O) groups excluding carboxylic acids is 3. The SMILES string of the molecule is CC(=O)NC1=C([N+](=O)[O-])C(=O)C(Br)=C(Br)C1=O. The monoisotopic (exact) mass is 366 g/mol. The van der Waals surface area contributed by atoms with Gasteiger partial charge in [-0.2, -0.15) is 0 Å². The van der Waals surface area contributed by atoms with Gasteiger partial charge in [-0.3, -0.25) is 24.5 Å². The lowest BCUT2D eigenvalue weighted by molar-refractivity contribution is -0.419. The first-order chi connectivity index (χ1) is 7.77. The number of ketones is 2. The normalized spacial score (nSPS) is 16.4. The summed E-state index contributed by atoms with van der Waals surface area (Å²) in [6.07, 6.45) is 0. The maximum absolute atomic E-state index is 11.7. The Morgan fingerprint density at radius 1 is 1.24 bits per heavy atom. The topological polar surface area (TPSA) is 106 Å². The highest BCUT2D eigenvalue weighted by Crippen LogP contribution is 2.30. The van der Waals surface area contributed by atoms with Gasteiger partial charge in [-0.1, -0.05) is 0 Å². The second kappa shape index (κ2) is 4.88. The van der Waals surface area contributed by atoms with Gasteiger partial charge in [0.25, 0.3) is 5.78 Å². The smallest absolute Gasteiger partial charge is 0.317 e. The highest BCUT2D eigenvalue weighted by atomic mass is 79.9. The maximum Gasteiger partial charge on any atom is 0.344 e. The largest absolute Gasteiger partial charge is 0.344 e. The molecule has 0 radical (unpaired) electrons. The first-order valence-corrected chi connectivity index (χ1v) is 5.67. The lowest BCUT2D eigenvalue weighted by atomic mass is 10.1. The van der Waals surface area contributed by atoms with E-state index in [4.69, 9.17) is 0 Å². The fourth-order valence-electron chi connectivity index (χ4n) is 1.10. The molecule has 0 fully saturated rings. The average Bonchev–Trinajstić information content (AvgIpc) is 2.22. The van der Waals surface area contributed by atoms with Crippen molar-refractivity contribution in [3.63, 3.8) is 0 Å². The van der Waals surface area contributed by atoms with Crippen LogP contribution >= 0.6 is 31.9 Å². The van der Waals surface area contributed by atoms with Crippen LogP contribution in [0.3, 0.4) is 0 Å². The Morgan fingerprint density at radius 3 is 2.12 bits per heavy atom. The van der Waals surface area contributed by atoms with Gasteiger partial charge < -0.3 is 5.32 Å². The minimum atomic E-state index is -1.01. The summed E-state index contributed by atoms with van der Waals surface area (Å²) >= 11 is 5.59. The van der Waals surface area contributed by atoms with E-state index in [1.807, 2.05) is 5.32 Å². The molecule has 0 saturated carbocycles. The number of halogens is 2. The van der Waals surface area contributed by atoms with E-state index in [0.29, 0.717) is 0 Å². The molecule has 0 saturated heterocycles. The number of amides is 1. The Hall–Kier alpha value is -1.35. The van der Waals surface area contributed by atoms with Gasteiger partial charge in [0.05, 0.1) is 13.9 Å². The third kappa shape index (κ3) is 2.50. The average molecular weight is 368 g/mol. The summed E-state index contributed by atoms with van der Waals surface area (Å²) < 4.78 is -0.417. The van der Waals surface area contributed by atoms with E-state index in [1.54, 1.807) is 0 Å². The Labute approximate surface area is 111 Å². The van der Waals surface area contributed by atoms with Crippen LogP contribution < -0.4 is 5.32 Å². The molecule has 9 heteroatoms.